The fourth-order valence-corrected chi connectivity index (χ4v) is 1.43. The van der Waals surface area contributed by atoms with Crippen LogP contribution in [0.2, 0.25) is 0 Å². The quantitative estimate of drug-likeness (QED) is 0.873. The van der Waals surface area contributed by atoms with E-state index in [2.05, 4.69) is 20.8 Å². The first kappa shape index (κ1) is 12.5. The Hall–Kier alpha value is -1.95. The Morgan fingerprint density at radius 1 is 1.33 bits per heavy atom. The van der Waals surface area contributed by atoms with Gasteiger partial charge < -0.3 is 15.1 Å². The van der Waals surface area contributed by atoms with Gasteiger partial charge in [0.25, 0.3) is 0 Å². The molecule has 2 rings (SSSR count). The molecule has 2 N–H and O–H groups in total. The number of anilines is 2. The lowest BCUT2D eigenvalue weighted by Gasteiger charge is -2.04. The summed E-state index contributed by atoms with van der Waals surface area (Å²) in [4.78, 5) is 0. The molecule has 6 heteroatoms. The van der Waals surface area contributed by atoms with Crippen molar-refractivity contribution < 1.29 is 8.81 Å². The Labute approximate surface area is 104 Å². The maximum Gasteiger partial charge on any atom is 0.320 e. The van der Waals surface area contributed by atoms with Crippen molar-refractivity contribution in [3.05, 3.63) is 35.5 Å². The van der Waals surface area contributed by atoms with E-state index in [1.165, 1.54) is 6.07 Å². The minimum atomic E-state index is -0.240. The predicted molar refractivity (Wildman–Crippen MR) is 66.2 cm³/mol. The van der Waals surface area contributed by atoms with E-state index >= 15 is 0 Å². The highest BCUT2D eigenvalue weighted by molar-refractivity contribution is 5.53. The molecule has 2 aromatic rings. The summed E-state index contributed by atoms with van der Waals surface area (Å²) in [5, 5.41) is 13.7. The van der Waals surface area contributed by atoms with Gasteiger partial charge in [0.15, 0.2) is 0 Å². The van der Waals surface area contributed by atoms with Crippen molar-refractivity contribution in [2.45, 2.75) is 19.9 Å². The lowest BCUT2D eigenvalue weighted by atomic mass is 10.2. The largest absolute Gasteiger partial charge is 0.406 e. The molecular weight excluding hydrogens is 235 g/mol. The standard InChI is InChI=1S/C12H15FN4O/c1-7-6-9(4-5-10(7)13)15-12-17-16-11(18-12)8(2)14-3/h4-6,8,14H,1-3H3,(H,15,17). The van der Waals surface area contributed by atoms with Gasteiger partial charge in [-0.25, -0.2) is 4.39 Å². The first-order chi connectivity index (χ1) is 8.60. The average Bonchev–Trinajstić information content (AvgIpc) is 2.81. The van der Waals surface area contributed by atoms with Gasteiger partial charge in [-0.05, 0) is 44.7 Å². The van der Waals surface area contributed by atoms with Crippen LogP contribution in [0.4, 0.5) is 16.1 Å². The fourth-order valence-electron chi connectivity index (χ4n) is 1.43. The van der Waals surface area contributed by atoms with Crippen molar-refractivity contribution in [1.82, 2.24) is 15.5 Å². The molecule has 0 bridgehead atoms. The normalized spacial score (nSPS) is 12.4. The van der Waals surface area contributed by atoms with Crippen LogP contribution in [0.5, 0.6) is 0 Å². The Bertz CT molecular complexity index is 541. The highest BCUT2D eigenvalue weighted by atomic mass is 19.1. The maximum absolute atomic E-state index is 13.1. The van der Waals surface area contributed by atoms with Crippen LogP contribution >= 0.6 is 0 Å². The molecule has 1 aromatic carbocycles. The SMILES string of the molecule is CNC(C)c1nnc(Nc2ccc(F)c(C)c2)o1. The minimum absolute atomic E-state index is 0.0111. The highest BCUT2D eigenvalue weighted by Crippen LogP contribution is 2.20. The summed E-state index contributed by atoms with van der Waals surface area (Å²) in [7, 11) is 1.81. The molecule has 1 aromatic heterocycles. The van der Waals surface area contributed by atoms with Crippen molar-refractivity contribution in [3.63, 3.8) is 0 Å². The lowest BCUT2D eigenvalue weighted by Crippen LogP contribution is -2.12. The van der Waals surface area contributed by atoms with Crippen molar-refractivity contribution >= 4 is 11.7 Å². The van der Waals surface area contributed by atoms with Crippen LogP contribution in [0.3, 0.4) is 0 Å². The number of hydrogen-bond donors (Lipinski definition) is 2. The van der Waals surface area contributed by atoms with E-state index in [1.807, 2.05) is 14.0 Å². The molecule has 0 radical (unpaired) electrons. The number of rotatable bonds is 4. The Kier molecular flexibility index (Phi) is 3.57. The first-order valence-corrected chi connectivity index (χ1v) is 5.64. The van der Waals surface area contributed by atoms with Crippen LogP contribution in [0.15, 0.2) is 22.6 Å². The van der Waals surface area contributed by atoms with Crippen molar-refractivity contribution in [2.75, 3.05) is 12.4 Å². The number of hydrogen-bond acceptors (Lipinski definition) is 5. The topological polar surface area (TPSA) is 63.0 Å². The molecule has 1 atom stereocenters. The van der Waals surface area contributed by atoms with Gasteiger partial charge in [0, 0.05) is 5.69 Å². The molecule has 96 valence electrons. The molecule has 0 spiro atoms. The molecular formula is C12H15FN4O. The van der Waals surface area contributed by atoms with Crippen LogP contribution < -0.4 is 10.6 Å². The molecule has 0 aliphatic carbocycles. The number of nitrogens with one attached hydrogen (secondary N) is 2. The van der Waals surface area contributed by atoms with Crippen LogP contribution in [0.1, 0.15) is 24.4 Å². The number of aryl methyl sites for hydroxylation is 1. The Morgan fingerprint density at radius 3 is 2.78 bits per heavy atom. The van der Waals surface area contributed by atoms with Crippen molar-refractivity contribution in [1.29, 1.82) is 0 Å². The van der Waals surface area contributed by atoms with E-state index < -0.39 is 0 Å². The lowest BCUT2D eigenvalue weighted by molar-refractivity contribution is 0.443. The smallest absolute Gasteiger partial charge is 0.320 e. The van der Waals surface area contributed by atoms with E-state index in [-0.39, 0.29) is 17.9 Å². The predicted octanol–water partition coefficient (Wildman–Crippen LogP) is 2.54. The molecule has 18 heavy (non-hydrogen) atoms. The van der Waals surface area contributed by atoms with Gasteiger partial charge in [-0.1, -0.05) is 5.10 Å². The summed E-state index contributed by atoms with van der Waals surface area (Å²) < 4.78 is 18.5. The van der Waals surface area contributed by atoms with Crippen LogP contribution in [0.25, 0.3) is 0 Å². The molecule has 0 amide bonds. The second-order valence-corrected chi connectivity index (χ2v) is 4.04. The second-order valence-electron chi connectivity index (χ2n) is 4.04. The monoisotopic (exact) mass is 250 g/mol. The third kappa shape index (κ3) is 2.65. The van der Waals surface area contributed by atoms with E-state index in [4.69, 9.17) is 4.42 Å². The third-order valence-corrected chi connectivity index (χ3v) is 2.65. The molecule has 0 aliphatic heterocycles. The van der Waals surface area contributed by atoms with Gasteiger partial charge in [0.1, 0.15) is 5.82 Å². The number of benzene rings is 1. The average molecular weight is 250 g/mol. The number of aromatic nitrogens is 2. The molecule has 5 nitrogen and oxygen atoms in total. The summed E-state index contributed by atoms with van der Waals surface area (Å²) >= 11 is 0. The first-order valence-electron chi connectivity index (χ1n) is 5.64. The summed E-state index contributed by atoms with van der Waals surface area (Å²) in [5.74, 6) is 0.259. The van der Waals surface area contributed by atoms with E-state index in [1.54, 1.807) is 19.1 Å². The summed E-state index contributed by atoms with van der Waals surface area (Å²) in [6, 6.07) is 4.97. The van der Waals surface area contributed by atoms with E-state index in [0.29, 0.717) is 17.1 Å². The van der Waals surface area contributed by atoms with Gasteiger partial charge >= 0.3 is 6.01 Å². The summed E-state index contributed by atoms with van der Waals surface area (Å²) in [5.41, 5.74) is 1.27. The van der Waals surface area contributed by atoms with E-state index in [0.717, 1.165) is 0 Å². The zero-order chi connectivity index (χ0) is 13.1. The Morgan fingerprint density at radius 2 is 2.11 bits per heavy atom. The van der Waals surface area contributed by atoms with Crippen molar-refractivity contribution in [3.8, 4) is 0 Å². The maximum atomic E-state index is 13.1. The molecule has 0 saturated heterocycles. The highest BCUT2D eigenvalue weighted by Gasteiger charge is 2.12. The van der Waals surface area contributed by atoms with Gasteiger partial charge in [-0.3, -0.25) is 0 Å². The summed E-state index contributed by atoms with van der Waals surface area (Å²) in [6.45, 7) is 3.61. The van der Waals surface area contributed by atoms with Gasteiger partial charge in [0.2, 0.25) is 5.89 Å². The van der Waals surface area contributed by atoms with Crippen LogP contribution in [-0.4, -0.2) is 17.2 Å². The minimum Gasteiger partial charge on any atom is -0.406 e. The number of nitrogens with zero attached hydrogens (tertiary/aromatic N) is 2. The third-order valence-electron chi connectivity index (χ3n) is 2.65. The fraction of sp³-hybridized carbons (Fsp3) is 0.333. The molecule has 0 saturated carbocycles. The van der Waals surface area contributed by atoms with E-state index in [9.17, 15) is 4.39 Å². The van der Waals surface area contributed by atoms with Gasteiger partial charge in [-0.15, -0.1) is 5.10 Å². The van der Waals surface area contributed by atoms with Crippen LogP contribution in [-0.2, 0) is 0 Å². The number of halogens is 1. The van der Waals surface area contributed by atoms with Crippen molar-refractivity contribution in [2.24, 2.45) is 0 Å². The zero-order valence-electron chi connectivity index (χ0n) is 10.5. The molecule has 1 heterocycles. The van der Waals surface area contributed by atoms with Crippen LogP contribution in [0, 0.1) is 12.7 Å². The zero-order valence-corrected chi connectivity index (χ0v) is 10.5. The van der Waals surface area contributed by atoms with Gasteiger partial charge in [0.05, 0.1) is 6.04 Å². The van der Waals surface area contributed by atoms with Gasteiger partial charge in [-0.2, -0.15) is 0 Å². The molecule has 1 unspecified atom stereocenters. The Balaban J connectivity index is 2.13. The second kappa shape index (κ2) is 5.14. The molecule has 0 aliphatic rings. The molecule has 0 fully saturated rings. The summed E-state index contributed by atoms with van der Waals surface area (Å²) in [6.07, 6.45) is 0.